The van der Waals surface area contributed by atoms with E-state index in [1.165, 1.54) is 0 Å². The van der Waals surface area contributed by atoms with Crippen LogP contribution in [-0.2, 0) is 0 Å². The summed E-state index contributed by atoms with van der Waals surface area (Å²) in [5, 5.41) is 0. The lowest BCUT2D eigenvalue weighted by Gasteiger charge is -2.06. The molecule has 0 bridgehead atoms. The average molecular weight is 203 g/mol. The van der Waals surface area contributed by atoms with Crippen molar-refractivity contribution in [2.75, 3.05) is 12.5 Å². The number of aryl methyl sites for hydroxylation is 1. The zero-order valence-electron chi connectivity index (χ0n) is 7.52. The van der Waals surface area contributed by atoms with Gasteiger partial charge in [0, 0.05) is 5.88 Å². The largest absolute Gasteiger partial charge is 0.490 e. The van der Waals surface area contributed by atoms with Crippen molar-refractivity contribution in [2.45, 2.75) is 13.3 Å². The SMILES string of the molecule is Cc1cccc(OCCCCl)c1F. The van der Waals surface area contributed by atoms with Crippen molar-refractivity contribution >= 4 is 11.6 Å². The third-order valence-corrected chi connectivity index (χ3v) is 1.96. The summed E-state index contributed by atoms with van der Waals surface area (Å²) < 4.78 is 18.5. The van der Waals surface area contributed by atoms with E-state index in [0.29, 0.717) is 23.8 Å². The number of rotatable bonds is 4. The molecule has 1 aromatic rings. The van der Waals surface area contributed by atoms with Gasteiger partial charge in [0.15, 0.2) is 11.6 Å². The van der Waals surface area contributed by atoms with Gasteiger partial charge < -0.3 is 4.74 Å². The highest BCUT2D eigenvalue weighted by Gasteiger charge is 2.04. The second-order valence-electron chi connectivity index (χ2n) is 2.78. The molecule has 0 aromatic heterocycles. The van der Waals surface area contributed by atoms with Crippen molar-refractivity contribution < 1.29 is 9.13 Å². The number of hydrogen-bond acceptors (Lipinski definition) is 1. The highest BCUT2D eigenvalue weighted by molar-refractivity contribution is 6.17. The fourth-order valence-corrected chi connectivity index (χ4v) is 1.08. The van der Waals surface area contributed by atoms with Crippen molar-refractivity contribution in [1.82, 2.24) is 0 Å². The van der Waals surface area contributed by atoms with E-state index in [1.807, 2.05) is 0 Å². The Hall–Kier alpha value is -0.760. The normalized spacial score (nSPS) is 10.1. The molecular formula is C10H12ClFO. The molecule has 0 heterocycles. The van der Waals surface area contributed by atoms with Crippen LogP contribution in [0.25, 0.3) is 0 Å². The molecule has 72 valence electrons. The summed E-state index contributed by atoms with van der Waals surface area (Å²) in [5.41, 5.74) is 0.600. The van der Waals surface area contributed by atoms with Gasteiger partial charge in [0.05, 0.1) is 6.61 Å². The van der Waals surface area contributed by atoms with Crippen LogP contribution in [0.15, 0.2) is 18.2 Å². The van der Waals surface area contributed by atoms with Crippen molar-refractivity contribution in [3.63, 3.8) is 0 Å². The molecule has 1 aromatic carbocycles. The van der Waals surface area contributed by atoms with E-state index in [-0.39, 0.29) is 5.82 Å². The minimum Gasteiger partial charge on any atom is -0.490 e. The third-order valence-electron chi connectivity index (χ3n) is 1.69. The number of benzene rings is 1. The van der Waals surface area contributed by atoms with E-state index >= 15 is 0 Å². The minimum absolute atomic E-state index is 0.280. The van der Waals surface area contributed by atoms with Crippen molar-refractivity contribution in [3.8, 4) is 5.75 Å². The molecule has 1 nitrogen and oxygen atoms in total. The molecule has 0 atom stereocenters. The maximum Gasteiger partial charge on any atom is 0.167 e. The lowest BCUT2D eigenvalue weighted by Crippen LogP contribution is -2.00. The molecule has 0 fully saturated rings. The Balaban J connectivity index is 2.61. The quantitative estimate of drug-likeness (QED) is 0.539. The first kappa shape index (κ1) is 10.3. The van der Waals surface area contributed by atoms with Gasteiger partial charge in [0.25, 0.3) is 0 Å². The van der Waals surface area contributed by atoms with Crippen LogP contribution in [-0.4, -0.2) is 12.5 Å². The van der Waals surface area contributed by atoms with Crippen LogP contribution >= 0.6 is 11.6 Å². The van der Waals surface area contributed by atoms with Gasteiger partial charge >= 0.3 is 0 Å². The summed E-state index contributed by atoms with van der Waals surface area (Å²) in [4.78, 5) is 0. The summed E-state index contributed by atoms with van der Waals surface area (Å²) >= 11 is 5.47. The first-order valence-corrected chi connectivity index (χ1v) is 4.73. The van der Waals surface area contributed by atoms with Gasteiger partial charge in [-0.15, -0.1) is 11.6 Å². The lowest BCUT2D eigenvalue weighted by molar-refractivity contribution is 0.301. The first-order valence-electron chi connectivity index (χ1n) is 4.19. The molecule has 0 aliphatic heterocycles. The zero-order valence-corrected chi connectivity index (χ0v) is 8.27. The van der Waals surface area contributed by atoms with Gasteiger partial charge in [-0.05, 0) is 25.0 Å². The summed E-state index contributed by atoms with van der Waals surface area (Å²) in [6.07, 6.45) is 0.731. The number of halogens is 2. The molecule has 0 spiro atoms. The topological polar surface area (TPSA) is 9.23 Å². The number of hydrogen-bond donors (Lipinski definition) is 0. The van der Waals surface area contributed by atoms with Gasteiger partial charge in [-0.3, -0.25) is 0 Å². The molecular weight excluding hydrogens is 191 g/mol. The van der Waals surface area contributed by atoms with Crippen molar-refractivity contribution in [1.29, 1.82) is 0 Å². The Morgan fingerprint density at radius 1 is 1.46 bits per heavy atom. The summed E-state index contributed by atoms with van der Waals surface area (Å²) in [6.45, 7) is 2.17. The van der Waals surface area contributed by atoms with Crippen molar-refractivity contribution in [3.05, 3.63) is 29.6 Å². The summed E-state index contributed by atoms with van der Waals surface area (Å²) in [6, 6.07) is 5.11. The molecule has 13 heavy (non-hydrogen) atoms. The van der Waals surface area contributed by atoms with Crippen LogP contribution in [0.1, 0.15) is 12.0 Å². The van der Waals surface area contributed by atoms with Crippen LogP contribution < -0.4 is 4.74 Å². The molecule has 0 radical (unpaired) electrons. The van der Waals surface area contributed by atoms with Crippen molar-refractivity contribution in [2.24, 2.45) is 0 Å². The molecule has 0 unspecified atom stereocenters. The van der Waals surface area contributed by atoms with Gasteiger partial charge in [0.1, 0.15) is 0 Å². The van der Waals surface area contributed by atoms with Crippen LogP contribution in [0, 0.1) is 12.7 Å². The second kappa shape index (κ2) is 5.07. The van der Waals surface area contributed by atoms with E-state index in [1.54, 1.807) is 25.1 Å². The minimum atomic E-state index is -0.280. The fraction of sp³-hybridized carbons (Fsp3) is 0.400. The van der Waals surface area contributed by atoms with E-state index < -0.39 is 0 Å². The summed E-state index contributed by atoms with van der Waals surface area (Å²) in [7, 11) is 0. The predicted molar refractivity (Wildman–Crippen MR) is 52.0 cm³/mol. The maximum atomic E-state index is 13.3. The fourth-order valence-electron chi connectivity index (χ4n) is 0.969. The first-order chi connectivity index (χ1) is 6.25. The monoisotopic (exact) mass is 202 g/mol. The highest BCUT2D eigenvalue weighted by atomic mass is 35.5. The molecule has 3 heteroatoms. The Morgan fingerprint density at radius 2 is 2.23 bits per heavy atom. The predicted octanol–water partition coefficient (Wildman–Crippen LogP) is 3.14. The standard InChI is InChI=1S/C10H12ClFO/c1-8-4-2-5-9(10(8)12)13-7-3-6-11/h2,4-5H,3,6-7H2,1H3. The Bertz CT molecular complexity index is 276. The van der Waals surface area contributed by atoms with E-state index in [9.17, 15) is 4.39 Å². The van der Waals surface area contributed by atoms with E-state index in [0.717, 1.165) is 6.42 Å². The molecule has 0 aliphatic carbocycles. The molecule has 0 aliphatic rings. The summed E-state index contributed by atoms with van der Waals surface area (Å²) in [5.74, 6) is 0.565. The lowest BCUT2D eigenvalue weighted by atomic mass is 10.2. The highest BCUT2D eigenvalue weighted by Crippen LogP contribution is 2.19. The Labute approximate surface area is 82.5 Å². The smallest absolute Gasteiger partial charge is 0.167 e. The van der Waals surface area contributed by atoms with Gasteiger partial charge in [-0.1, -0.05) is 12.1 Å². The van der Waals surface area contributed by atoms with Crippen LogP contribution in [0.3, 0.4) is 0 Å². The molecule has 0 saturated heterocycles. The zero-order chi connectivity index (χ0) is 9.68. The molecule has 1 rings (SSSR count). The van der Waals surface area contributed by atoms with E-state index in [4.69, 9.17) is 16.3 Å². The van der Waals surface area contributed by atoms with Crippen LogP contribution in [0.5, 0.6) is 5.75 Å². The third kappa shape index (κ3) is 2.88. The number of ether oxygens (including phenoxy) is 1. The average Bonchev–Trinajstić information content (AvgIpc) is 2.13. The van der Waals surface area contributed by atoms with Gasteiger partial charge in [0.2, 0.25) is 0 Å². The molecule has 0 N–H and O–H groups in total. The van der Waals surface area contributed by atoms with Crippen LogP contribution in [0.2, 0.25) is 0 Å². The number of alkyl halides is 1. The molecule has 0 saturated carbocycles. The Kier molecular flexibility index (Phi) is 4.03. The van der Waals surface area contributed by atoms with Crippen LogP contribution in [0.4, 0.5) is 4.39 Å². The second-order valence-corrected chi connectivity index (χ2v) is 3.16. The Morgan fingerprint density at radius 3 is 2.92 bits per heavy atom. The van der Waals surface area contributed by atoms with E-state index in [2.05, 4.69) is 0 Å². The molecule has 0 amide bonds. The maximum absolute atomic E-state index is 13.3. The van der Waals surface area contributed by atoms with Gasteiger partial charge in [-0.2, -0.15) is 0 Å². The van der Waals surface area contributed by atoms with Gasteiger partial charge in [-0.25, -0.2) is 4.39 Å².